The van der Waals surface area contributed by atoms with Gasteiger partial charge >= 0.3 is 6.09 Å². The van der Waals surface area contributed by atoms with Crippen molar-refractivity contribution < 1.29 is 14.7 Å². The number of rotatable bonds is 2. The molecule has 0 saturated heterocycles. The zero-order valence-electron chi connectivity index (χ0n) is 10.9. The van der Waals surface area contributed by atoms with E-state index >= 15 is 0 Å². The summed E-state index contributed by atoms with van der Waals surface area (Å²) in [5.74, 6) is 0. The number of amides is 1. The number of ether oxygens (including phenoxy) is 1. The first-order valence-corrected chi connectivity index (χ1v) is 6.44. The predicted molar refractivity (Wildman–Crippen MR) is 70.2 cm³/mol. The highest BCUT2D eigenvalue weighted by molar-refractivity contribution is 5.68. The predicted octanol–water partition coefficient (Wildman–Crippen LogP) is 1.82. The molecule has 0 spiro atoms. The average Bonchev–Trinajstić information content (AvgIpc) is 2.85. The summed E-state index contributed by atoms with van der Waals surface area (Å²) in [5.41, 5.74) is 2.65. The Hall–Kier alpha value is -2.50. The van der Waals surface area contributed by atoms with Gasteiger partial charge in [0.25, 0.3) is 0 Å². The Morgan fingerprint density at radius 2 is 2.15 bits per heavy atom. The van der Waals surface area contributed by atoms with Crippen molar-refractivity contribution in [2.45, 2.75) is 19.6 Å². The van der Waals surface area contributed by atoms with Crippen LogP contribution in [0.1, 0.15) is 16.8 Å². The van der Waals surface area contributed by atoms with Gasteiger partial charge in [0.2, 0.25) is 0 Å². The Labute approximate surface area is 116 Å². The monoisotopic (exact) mass is 273 g/mol. The molecule has 2 heterocycles. The Morgan fingerprint density at radius 1 is 1.35 bits per heavy atom. The van der Waals surface area contributed by atoms with Crippen LogP contribution in [0.5, 0.6) is 0 Å². The van der Waals surface area contributed by atoms with E-state index in [0.717, 1.165) is 21.7 Å². The fraction of sp³-hybridized carbons (Fsp3) is 0.286. The van der Waals surface area contributed by atoms with Crippen molar-refractivity contribution in [1.82, 2.24) is 14.8 Å². The molecule has 3 rings (SSSR count). The first-order valence-electron chi connectivity index (χ1n) is 6.44. The molecule has 1 amide bonds. The lowest BCUT2D eigenvalue weighted by atomic mass is 10.1. The summed E-state index contributed by atoms with van der Waals surface area (Å²) in [6.45, 7) is 1.24. The van der Waals surface area contributed by atoms with Crippen LogP contribution in [0.3, 0.4) is 0 Å². The van der Waals surface area contributed by atoms with Crippen LogP contribution < -0.4 is 0 Å². The van der Waals surface area contributed by atoms with E-state index in [-0.39, 0.29) is 12.7 Å². The maximum absolute atomic E-state index is 12.0. The lowest BCUT2D eigenvalue weighted by molar-refractivity contribution is 0.0918. The Kier molecular flexibility index (Phi) is 3.28. The molecular weight excluding hydrogens is 258 g/mol. The van der Waals surface area contributed by atoms with Crippen molar-refractivity contribution >= 4 is 6.09 Å². The molecule has 0 unspecified atom stereocenters. The van der Waals surface area contributed by atoms with Crippen LogP contribution >= 0.6 is 0 Å². The molecule has 0 fully saturated rings. The third kappa shape index (κ3) is 2.59. The molecular formula is C14H15N3O3. The second-order valence-electron chi connectivity index (χ2n) is 4.73. The second kappa shape index (κ2) is 5.24. The molecule has 2 aromatic rings. The van der Waals surface area contributed by atoms with Crippen molar-refractivity contribution in [2.24, 2.45) is 0 Å². The molecule has 6 nitrogen and oxygen atoms in total. The van der Waals surface area contributed by atoms with Crippen molar-refractivity contribution in [3.63, 3.8) is 0 Å². The number of carbonyl (C=O) groups excluding carboxylic acids is 1. The minimum Gasteiger partial charge on any atom is -0.445 e. The van der Waals surface area contributed by atoms with E-state index < -0.39 is 0 Å². The Balaban J connectivity index is 1.59. The fourth-order valence-corrected chi connectivity index (χ4v) is 2.27. The molecule has 1 N–H and O–H groups in total. The molecule has 6 heteroatoms. The molecule has 1 aromatic carbocycles. The van der Waals surface area contributed by atoms with Gasteiger partial charge in [0.05, 0.1) is 18.4 Å². The molecule has 20 heavy (non-hydrogen) atoms. The molecule has 1 aliphatic rings. The van der Waals surface area contributed by atoms with E-state index in [4.69, 9.17) is 4.74 Å². The van der Waals surface area contributed by atoms with E-state index in [2.05, 4.69) is 5.10 Å². The van der Waals surface area contributed by atoms with Gasteiger partial charge < -0.3 is 14.8 Å². The molecule has 0 radical (unpaired) electrons. The maximum atomic E-state index is 12.0. The lowest BCUT2D eigenvalue weighted by Gasteiger charge is -2.25. The van der Waals surface area contributed by atoms with E-state index in [1.165, 1.54) is 6.20 Å². The molecule has 0 saturated carbocycles. The van der Waals surface area contributed by atoms with Crippen LogP contribution in [0.25, 0.3) is 0 Å². The summed E-state index contributed by atoms with van der Waals surface area (Å²) in [6.07, 6.45) is 1.81. The first kappa shape index (κ1) is 12.5. The highest BCUT2D eigenvalue weighted by Crippen LogP contribution is 2.18. The van der Waals surface area contributed by atoms with Gasteiger partial charge in [-0.2, -0.15) is 0 Å². The second-order valence-corrected chi connectivity index (χ2v) is 4.73. The number of nitrogens with zero attached hydrogens (tertiary/aromatic N) is 3. The van der Waals surface area contributed by atoms with Gasteiger partial charge in [0, 0.05) is 18.5 Å². The molecule has 0 atom stereocenters. The quantitative estimate of drug-likeness (QED) is 0.847. The molecule has 1 aromatic heterocycles. The number of fused-ring (bicyclic) bond motifs is 1. The lowest BCUT2D eigenvalue weighted by Crippen LogP contribution is -2.36. The van der Waals surface area contributed by atoms with Gasteiger partial charge in [-0.1, -0.05) is 30.3 Å². The fourth-order valence-electron chi connectivity index (χ4n) is 2.27. The number of hydrogen-bond acceptors (Lipinski definition) is 4. The number of hydrogen-bond donors (Lipinski definition) is 1. The summed E-state index contributed by atoms with van der Waals surface area (Å²) in [5, 5.41) is 13.2. The topological polar surface area (TPSA) is 67.6 Å². The van der Waals surface area contributed by atoms with E-state index in [1.807, 2.05) is 30.3 Å². The highest BCUT2D eigenvalue weighted by atomic mass is 16.6. The maximum Gasteiger partial charge on any atom is 0.410 e. The van der Waals surface area contributed by atoms with Crippen LogP contribution in [0.2, 0.25) is 0 Å². The van der Waals surface area contributed by atoms with Gasteiger partial charge in [0.1, 0.15) is 6.61 Å². The van der Waals surface area contributed by atoms with E-state index in [0.29, 0.717) is 19.5 Å². The highest BCUT2D eigenvalue weighted by Gasteiger charge is 2.24. The SMILES string of the molecule is O=C(OCc1ccccc1)N1CCc2nn(O)cc2C1. The normalized spacial score (nSPS) is 13.9. The van der Waals surface area contributed by atoms with E-state index in [1.54, 1.807) is 4.90 Å². The van der Waals surface area contributed by atoms with Crippen molar-refractivity contribution in [3.8, 4) is 0 Å². The summed E-state index contributed by atoms with van der Waals surface area (Å²) in [6, 6.07) is 9.57. The van der Waals surface area contributed by atoms with Crippen LogP contribution in [0.4, 0.5) is 4.79 Å². The third-order valence-electron chi connectivity index (χ3n) is 3.31. The van der Waals surface area contributed by atoms with Gasteiger partial charge in [-0.05, 0) is 5.56 Å². The average molecular weight is 273 g/mol. The Morgan fingerprint density at radius 3 is 2.95 bits per heavy atom. The zero-order chi connectivity index (χ0) is 13.9. The van der Waals surface area contributed by atoms with Crippen LogP contribution in [0, 0.1) is 0 Å². The first-order chi connectivity index (χ1) is 9.72. The van der Waals surface area contributed by atoms with Crippen molar-refractivity contribution in [1.29, 1.82) is 0 Å². The summed E-state index contributed by atoms with van der Waals surface area (Å²) >= 11 is 0. The van der Waals surface area contributed by atoms with Crippen LogP contribution in [-0.2, 0) is 24.3 Å². The van der Waals surface area contributed by atoms with E-state index in [9.17, 15) is 10.0 Å². The van der Waals surface area contributed by atoms with Crippen molar-refractivity contribution in [2.75, 3.05) is 6.54 Å². The standard InChI is InChI=1S/C14H15N3O3/c18-14(20-10-11-4-2-1-3-5-11)16-7-6-13-12(8-16)9-17(19)15-13/h1-5,9,19H,6-8,10H2. The minimum absolute atomic E-state index is 0.266. The number of aromatic nitrogens is 2. The van der Waals surface area contributed by atoms with Crippen LogP contribution in [-0.4, -0.2) is 32.7 Å². The molecule has 0 bridgehead atoms. The zero-order valence-corrected chi connectivity index (χ0v) is 10.9. The van der Waals surface area contributed by atoms with Crippen molar-refractivity contribution in [3.05, 3.63) is 53.3 Å². The third-order valence-corrected chi connectivity index (χ3v) is 3.31. The van der Waals surface area contributed by atoms with Gasteiger partial charge in [0.15, 0.2) is 0 Å². The van der Waals surface area contributed by atoms with Gasteiger partial charge in [-0.3, -0.25) is 0 Å². The summed E-state index contributed by atoms with van der Waals surface area (Å²) in [4.78, 5) is 14.4. The number of carbonyl (C=O) groups is 1. The van der Waals surface area contributed by atoms with Gasteiger partial charge in [-0.25, -0.2) is 4.79 Å². The minimum atomic E-state index is -0.342. The molecule has 0 aliphatic carbocycles. The molecule has 1 aliphatic heterocycles. The summed E-state index contributed by atoms with van der Waals surface area (Å²) < 4.78 is 5.29. The smallest absolute Gasteiger partial charge is 0.410 e. The molecule has 104 valence electrons. The number of benzene rings is 1. The largest absolute Gasteiger partial charge is 0.445 e. The Bertz CT molecular complexity index is 609. The van der Waals surface area contributed by atoms with Gasteiger partial charge in [-0.15, -0.1) is 9.94 Å². The summed E-state index contributed by atoms with van der Waals surface area (Å²) in [7, 11) is 0. The van der Waals surface area contributed by atoms with Crippen LogP contribution in [0.15, 0.2) is 36.5 Å².